The minimum atomic E-state index is 0.611. The van der Waals surface area contributed by atoms with Crippen molar-refractivity contribution in [1.29, 1.82) is 0 Å². The monoisotopic (exact) mass is 220 g/mol. The van der Waals surface area contributed by atoms with E-state index < -0.39 is 0 Å². The van der Waals surface area contributed by atoms with E-state index in [0.717, 1.165) is 11.5 Å². The summed E-state index contributed by atoms with van der Waals surface area (Å²) in [5.41, 5.74) is 9.31. The smallest absolute Gasteiger partial charge is 0.0456 e. The largest absolute Gasteiger partial charge is 0.358 e. The van der Waals surface area contributed by atoms with Gasteiger partial charge in [0.2, 0.25) is 0 Å². The molecule has 0 aliphatic rings. The Morgan fingerprint density at radius 3 is 2.93 bits per heavy atom. The maximum absolute atomic E-state index is 5.61. The van der Waals surface area contributed by atoms with Crippen LogP contribution in [0.2, 0.25) is 0 Å². The Kier molecular flexibility index (Phi) is 3.34. The summed E-state index contributed by atoms with van der Waals surface area (Å²) in [4.78, 5) is 3.42. The van der Waals surface area contributed by atoms with E-state index in [1.165, 1.54) is 22.2 Å². The first-order valence-corrected chi connectivity index (χ1v) is 6.37. The highest BCUT2D eigenvalue weighted by molar-refractivity contribution is 7.98. The van der Waals surface area contributed by atoms with E-state index in [9.17, 15) is 0 Å². The van der Waals surface area contributed by atoms with Gasteiger partial charge in [0, 0.05) is 23.5 Å². The maximum Gasteiger partial charge on any atom is 0.0456 e. The third-order valence-electron chi connectivity index (χ3n) is 2.44. The van der Waals surface area contributed by atoms with Crippen molar-refractivity contribution in [3.63, 3.8) is 0 Å². The molecule has 0 saturated heterocycles. The van der Waals surface area contributed by atoms with Gasteiger partial charge in [-0.3, -0.25) is 0 Å². The van der Waals surface area contributed by atoms with Gasteiger partial charge >= 0.3 is 0 Å². The predicted molar refractivity (Wildman–Crippen MR) is 68.0 cm³/mol. The lowest BCUT2D eigenvalue weighted by Crippen LogP contribution is -1.94. The summed E-state index contributed by atoms with van der Waals surface area (Å²) in [6.07, 6.45) is 0. The zero-order chi connectivity index (χ0) is 10.7. The summed E-state index contributed by atoms with van der Waals surface area (Å²) in [5.74, 6) is 2.21. The lowest BCUT2D eigenvalue weighted by Gasteiger charge is -1.95. The van der Waals surface area contributed by atoms with E-state index in [0.29, 0.717) is 6.54 Å². The van der Waals surface area contributed by atoms with Gasteiger partial charge in [-0.05, 0) is 34.9 Å². The highest BCUT2D eigenvalue weighted by Crippen LogP contribution is 2.20. The lowest BCUT2D eigenvalue weighted by atomic mass is 10.1. The molecule has 3 N–H and O–H groups in total. The SMILES string of the molecule is CCSCc1cc2cc(CN)ccc2[nH]1. The molecule has 0 spiro atoms. The number of fused-ring (bicyclic) bond motifs is 1. The zero-order valence-corrected chi connectivity index (χ0v) is 9.73. The molecule has 0 unspecified atom stereocenters. The first kappa shape index (κ1) is 10.6. The van der Waals surface area contributed by atoms with Crippen molar-refractivity contribution in [2.24, 2.45) is 5.73 Å². The van der Waals surface area contributed by atoms with Crippen molar-refractivity contribution in [2.75, 3.05) is 5.75 Å². The third-order valence-corrected chi connectivity index (χ3v) is 3.36. The number of aromatic nitrogens is 1. The molecule has 3 heteroatoms. The number of nitrogens with two attached hydrogens (primary N) is 1. The maximum atomic E-state index is 5.61. The van der Waals surface area contributed by atoms with Gasteiger partial charge in [-0.1, -0.05) is 13.0 Å². The average molecular weight is 220 g/mol. The van der Waals surface area contributed by atoms with Crippen LogP contribution in [0.1, 0.15) is 18.2 Å². The molecular formula is C12H16N2S. The molecule has 1 heterocycles. The molecule has 0 atom stereocenters. The summed E-state index contributed by atoms with van der Waals surface area (Å²) in [6, 6.07) is 8.57. The van der Waals surface area contributed by atoms with Crippen LogP contribution in [-0.2, 0) is 12.3 Å². The molecule has 1 aromatic carbocycles. The number of H-pyrrole nitrogens is 1. The van der Waals surface area contributed by atoms with E-state index in [-0.39, 0.29) is 0 Å². The van der Waals surface area contributed by atoms with E-state index in [1.54, 1.807) is 0 Å². The number of rotatable bonds is 4. The number of nitrogens with one attached hydrogen (secondary N) is 1. The van der Waals surface area contributed by atoms with Crippen LogP contribution in [0.4, 0.5) is 0 Å². The van der Waals surface area contributed by atoms with E-state index in [1.807, 2.05) is 11.8 Å². The van der Waals surface area contributed by atoms with Crippen molar-refractivity contribution in [3.05, 3.63) is 35.5 Å². The topological polar surface area (TPSA) is 41.8 Å². The summed E-state index contributed by atoms with van der Waals surface area (Å²) < 4.78 is 0. The Balaban J connectivity index is 2.29. The average Bonchev–Trinajstić information content (AvgIpc) is 2.67. The first-order chi connectivity index (χ1) is 7.33. The fourth-order valence-electron chi connectivity index (χ4n) is 1.66. The number of hydrogen-bond donors (Lipinski definition) is 2. The minimum absolute atomic E-state index is 0.611. The highest BCUT2D eigenvalue weighted by atomic mass is 32.2. The van der Waals surface area contributed by atoms with Gasteiger partial charge in [-0.2, -0.15) is 11.8 Å². The molecule has 2 rings (SSSR count). The van der Waals surface area contributed by atoms with Gasteiger partial charge in [-0.15, -0.1) is 0 Å². The van der Waals surface area contributed by atoms with Crippen LogP contribution < -0.4 is 5.73 Å². The van der Waals surface area contributed by atoms with Crippen LogP contribution in [0.15, 0.2) is 24.3 Å². The van der Waals surface area contributed by atoms with Crippen LogP contribution in [0, 0.1) is 0 Å². The second kappa shape index (κ2) is 4.73. The Bertz CT molecular complexity index is 448. The number of hydrogen-bond acceptors (Lipinski definition) is 2. The number of thioether (sulfide) groups is 1. The predicted octanol–water partition coefficient (Wildman–Crippen LogP) is 2.88. The van der Waals surface area contributed by atoms with Crippen molar-refractivity contribution < 1.29 is 0 Å². The Morgan fingerprint density at radius 2 is 2.20 bits per heavy atom. The van der Waals surface area contributed by atoms with Gasteiger partial charge < -0.3 is 10.7 Å². The minimum Gasteiger partial charge on any atom is -0.358 e. The normalized spacial score (nSPS) is 11.1. The molecule has 0 aliphatic heterocycles. The highest BCUT2D eigenvalue weighted by Gasteiger charge is 2.01. The van der Waals surface area contributed by atoms with Crippen LogP contribution in [0.25, 0.3) is 10.9 Å². The van der Waals surface area contributed by atoms with Crippen LogP contribution in [0.5, 0.6) is 0 Å². The molecule has 1 aromatic heterocycles. The number of benzene rings is 1. The Hall–Kier alpha value is -0.930. The van der Waals surface area contributed by atoms with Gasteiger partial charge in [0.05, 0.1) is 0 Å². The fourth-order valence-corrected chi connectivity index (χ4v) is 2.24. The molecule has 15 heavy (non-hydrogen) atoms. The second-order valence-electron chi connectivity index (χ2n) is 3.56. The van der Waals surface area contributed by atoms with Crippen molar-refractivity contribution >= 4 is 22.7 Å². The number of aromatic amines is 1. The van der Waals surface area contributed by atoms with Crippen molar-refractivity contribution in [2.45, 2.75) is 19.2 Å². The summed E-state index contributed by atoms with van der Waals surface area (Å²) in [7, 11) is 0. The van der Waals surface area contributed by atoms with Crippen LogP contribution in [0.3, 0.4) is 0 Å². The van der Waals surface area contributed by atoms with Crippen molar-refractivity contribution in [1.82, 2.24) is 4.98 Å². The first-order valence-electron chi connectivity index (χ1n) is 5.22. The molecule has 0 aliphatic carbocycles. The molecule has 0 saturated carbocycles. The Labute approximate surface area is 94.2 Å². The third kappa shape index (κ3) is 2.36. The standard InChI is InChI=1S/C12H16N2S/c1-2-15-8-11-6-10-5-9(7-13)3-4-12(10)14-11/h3-6,14H,2,7-8,13H2,1H3. The van der Waals surface area contributed by atoms with E-state index in [4.69, 9.17) is 5.73 Å². The molecule has 0 bridgehead atoms. The second-order valence-corrected chi connectivity index (χ2v) is 4.83. The molecule has 80 valence electrons. The molecule has 0 amide bonds. The fraction of sp³-hybridized carbons (Fsp3) is 0.333. The summed E-state index contributed by atoms with van der Waals surface area (Å²) >= 11 is 1.93. The van der Waals surface area contributed by atoms with Crippen molar-refractivity contribution in [3.8, 4) is 0 Å². The molecular weight excluding hydrogens is 204 g/mol. The van der Waals surface area contributed by atoms with E-state index in [2.05, 4.69) is 36.2 Å². The van der Waals surface area contributed by atoms with Crippen LogP contribution in [-0.4, -0.2) is 10.7 Å². The summed E-state index contributed by atoms with van der Waals surface area (Å²) in [6.45, 7) is 2.79. The zero-order valence-electron chi connectivity index (χ0n) is 8.92. The van der Waals surface area contributed by atoms with Gasteiger partial charge in [0.1, 0.15) is 0 Å². The lowest BCUT2D eigenvalue weighted by molar-refractivity contribution is 1.08. The van der Waals surface area contributed by atoms with Crippen LogP contribution >= 0.6 is 11.8 Å². The summed E-state index contributed by atoms with van der Waals surface area (Å²) in [5, 5.41) is 1.27. The van der Waals surface area contributed by atoms with Gasteiger partial charge in [0.15, 0.2) is 0 Å². The van der Waals surface area contributed by atoms with Gasteiger partial charge in [-0.25, -0.2) is 0 Å². The van der Waals surface area contributed by atoms with Gasteiger partial charge in [0.25, 0.3) is 0 Å². The Morgan fingerprint density at radius 1 is 1.33 bits per heavy atom. The molecule has 0 radical (unpaired) electrons. The molecule has 2 aromatic rings. The molecule has 2 nitrogen and oxygen atoms in total. The quantitative estimate of drug-likeness (QED) is 0.832. The van der Waals surface area contributed by atoms with E-state index >= 15 is 0 Å². The molecule has 0 fully saturated rings.